The highest BCUT2D eigenvalue weighted by Crippen LogP contribution is 2.51. The third-order valence-corrected chi connectivity index (χ3v) is 8.34. The molecule has 4 aliphatic heterocycles. The molecule has 1 saturated heterocycles. The minimum Gasteiger partial charge on any atom is -0.443 e. The average Bonchev–Trinajstić information content (AvgIpc) is 3.29. The summed E-state index contributed by atoms with van der Waals surface area (Å²) >= 11 is 1.72. The molecule has 5 aliphatic rings. The summed E-state index contributed by atoms with van der Waals surface area (Å²) in [5.41, 5.74) is 2.30. The molecule has 5 rings (SSSR count). The number of thioether (sulfide) groups is 1. The summed E-state index contributed by atoms with van der Waals surface area (Å²) < 4.78 is 47.2. The van der Waals surface area contributed by atoms with Gasteiger partial charge in [-0.15, -0.1) is 11.8 Å². The number of aliphatic imine (C=N–C) groups is 1. The molecule has 5 atom stereocenters. The molecule has 2 unspecified atom stereocenters. The third-order valence-electron chi connectivity index (χ3n) is 6.85. The number of hydrogen-bond donors (Lipinski definition) is 1. The van der Waals surface area contributed by atoms with Crippen molar-refractivity contribution in [1.29, 1.82) is 0 Å². The molecule has 0 aromatic heterocycles. The molecule has 0 bridgehead atoms. The summed E-state index contributed by atoms with van der Waals surface area (Å²) in [4.78, 5) is 5.72. The quantitative estimate of drug-likeness (QED) is 0.569. The zero-order valence-corrected chi connectivity index (χ0v) is 18.8. The maximum absolute atomic E-state index is 8.86. The van der Waals surface area contributed by atoms with Crippen LogP contribution in [0.3, 0.4) is 0 Å². The minimum atomic E-state index is -2.16. The van der Waals surface area contributed by atoms with Gasteiger partial charge < -0.3 is 10.1 Å². The second kappa shape index (κ2) is 7.30. The number of hydrogen-bond acceptors (Lipinski definition) is 4. The predicted octanol–water partition coefficient (Wildman–Crippen LogP) is 6.34. The summed E-state index contributed by atoms with van der Waals surface area (Å²) in [7, 11) is 0. The van der Waals surface area contributed by atoms with E-state index in [4.69, 9.17) is 11.6 Å². The molecule has 4 heteroatoms. The molecule has 0 spiro atoms. The van der Waals surface area contributed by atoms with Gasteiger partial charge in [-0.1, -0.05) is 33.8 Å². The van der Waals surface area contributed by atoms with E-state index in [1.54, 1.807) is 11.8 Å². The Labute approximate surface area is 187 Å². The first-order valence-corrected chi connectivity index (χ1v) is 12.0. The van der Waals surface area contributed by atoms with Crippen molar-refractivity contribution in [3.8, 4) is 0 Å². The van der Waals surface area contributed by atoms with E-state index >= 15 is 0 Å². The summed E-state index contributed by atoms with van der Waals surface area (Å²) in [6, 6.07) is 0.324. The van der Waals surface area contributed by atoms with Crippen molar-refractivity contribution in [2.45, 2.75) is 96.8 Å². The zero-order valence-electron chi connectivity index (χ0n) is 23.0. The Bertz CT molecular complexity index is 1000. The fourth-order valence-corrected chi connectivity index (χ4v) is 7.13. The lowest BCUT2D eigenvalue weighted by Crippen LogP contribution is -2.46. The average molecular weight is 418 g/mol. The Balaban J connectivity index is 1.38. The van der Waals surface area contributed by atoms with Gasteiger partial charge in [0.05, 0.1) is 0 Å². The molecule has 1 aliphatic carbocycles. The van der Waals surface area contributed by atoms with Crippen LogP contribution in [-0.2, 0) is 4.74 Å². The highest BCUT2D eigenvalue weighted by atomic mass is 32.2. The number of ether oxygens (including phenoxy) is 1. The second-order valence-corrected chi connectivity index (χ2v) is 11.4. The van der Waals surface area contributed by atoms with Crippen molar-refractivity contribution in [2.75, 3.05) is 0 Å². The van der Waals surface area contributed by atoms with E-state index in [1.807, 2.05) is 20.8 Å². The van der Waals surface area contributed by atoms with E-state index in [2.05, 4.69) is 23.3 Å². The standard InChI is InChI=1S/C25H36N2OS/c1-14-9-10-17-16-7-6-8-18(23(16)28-24(17)26-14)19-11-12-20-22(27-19)15(2)21(29-20)13-25(3,4)5/h12,15-16,19,21-22,27H,6-11,13H2,1-5H3/t15-,16?,19-,21?,22-/m1/s1/i1D3,13D2. The number of nitrogens with zero attached hydrogens (tertiary/aromatic N) is 1. The van der Waals surface area contributed by atoms with Crippen molar-refractivity contribution in [3.05, 3.63) is 33.8 Å². The predicted molar refractivity (Wildman–Crippen MR) is 123 cm³/mol. The molecule has 3 nitrogen and oxygen atoms in total. The van der Waals surface area contributed by atoms with Gasteiger partial charge in [-0.25, -0.2) is 4.99 Å². The van der Waals surface area contributed by atoms with Crippen molar-refractivity contribution in [1.82, 2.24) is 5.32 Å². The van der Waals surface area contributed by atoms with Crippen LogP contribution in [0, 0.1) is 17.3 Å². The third kappa shape index (κ3) is 3.65. The summed E-state index contributed by atoms with van der Waals surface area (Å²) in [6.07, 6.45) is 6.22. The molecule has 0 aromatic rings. The zero-order chi connectivity index (χ0) is 24.6. The Hall–Kier alpha value is -1.00. The monoisotopic (exact) mass is 417 g/mol. The van der Waals surface area contributed by atoms with E-state index in [0.29, 0.717) is 12.3 Å². The van der Waals surface area contributed by atoms with Crippen LogP contribution in [0.4, 0.5) is 0 Å². The molecule has 4 heterocycles. The lowest BCUT2D eigenvalue weighted by Gasteiger charge is -2.35. The molecule has 158 valence electrons. The van der Waals surface area contributed by atoms with Gasteiger partial charge in [-0.2, -0.15) is 0 Å². The molecule has 1 N–H and O–H groups in total. The van der Waals surface area contributed by atoms with Gasteiger partial charge in [-0.3, -0.25) is 0 Å². The number of rotatable bonds is 2. The van der Waals surface area contributed by atoms with E-state index < -0.39 is 18.6 Å². The molecule has 0 amide bonds. The largest absolute Gasteiger partial charge is 0.443 e. The topological polar surface area (TPSA) is 33.6 Å². The van der Waals surface area contributed by atoms with Crippen LogP contribution in [0.5, 0.6) is 0 Å². The Morgan fingerprint density at radius 1 is 1.31 bits per heavy atom. The fraction of sp³-hybridized carbons (Fsp3) is 0.720. The number of allylic oxidation sites excluding steroid dienone is 1. The van der Waals surface area contributed by atoms with E-state index in [1.165, 1.54) is 16.1 Å². The van der Waals surface area contributed by atoms with Crippen molar-refractivity contribution >= 4 is 17.5 Å². The smallest absolute Gasteiger partial charge is 0.218 e. The molecule has 29 heavy (non-hydrogen) atoms. The Morgan fingerprint density at radius 2 is 2.17 bits per heavy atom. The molecular formula is C25H36N2OS. The first-order chi connectivity index (χ1) is 15.8. The van der Waals surface area contributed by atoms with Crippen molar-refractivity contribution in [2.24, 2.45) is 22.2 Å². The number of nitrogens with one attached hydrogen (secondary N) is 1. The summed E-state index contributed by atoms with van der Waals surface area (Å²) in [6.45, 7) is 6.00. The van der Waals surface area contributed by atoms with Crippen LogP contribution in [0.15, 0.2) is 38.8 Å². The van der Waals surface area contributed by atoms with Crippen LogP contribution in [0.2, 0.25) is 0 Å². The maximum atomic E-state index is 8.86. The highest BCUT2D eigenvalue weighted by Gasteiger charge is 2.44. The van der Waals surface area contributed by atoms with Gasteiger partial charge in [0.15, 0.2) is 0 Å². The van der Waals surface area contributed by atoms with Gasteiger partial charge in [0.2, 0.25) is 5.88 Å². The molecule has 0 saturated carbocycles. The van der Waals surface area contributed by atoms with Gasteiger partial charge >= 0.3 is 0 Å². The van der Waals surface area contributed by atoms with Crippen LogP contribution in [0.25, 0.3) is 0 Å². The highest BCUT2D eigenvalue weighted by molar-refractivity contribution is 8.04. The molecule has 0 radical (unpaired) electrons. The van der Waals surface area contributed by atoms with E-state index in [-0.39, 0.29) is 34.9 Å². The lowest BCUT2D eigenvalue weighted by molar-refractivity contribution is 0.267. The Kier molecular flexibility index (Phi) is 3.75. The Morgan fingerprint density at radius 3 is 2.97 bits per heavy atom. The first-order valence-electron chi connectivity index (χ1n) is 13.6. The van der Waals surface area contributed by atoms with Crippen LogP contribution in [-0.4, -0.2) is 23.0 Å². The fourth-order valence-electron chi connectivity index (χ4n) is 5.44. The first kappa shape index (κ1) is 14.9. The van der Waals surface area contributed by atoms with Gasteiger partial charge in [0.25, 0.3) is 0 Å². The summed E-state index contributed by atoms with van der Waals surface area (Å²) in [5, 5.41) is 3.79. The van der Waals surface area contributed by atoms with Crippen LogP contribution in [0.1, 0.15) is 86.3 Å². The minimum absolute atomic E-state index is 0.0869. The van der Waals surface area contributed by atoms with Gasteiger partial charge in [0, 0.05) is 41.4 Å². The summed E-state index contributed by atoms with van der Waals surface area (Å²) in [5.74, 6) is 1.94. The molecular weight excluding hydrogens is 376 g/mol. The normalized spacial score (nSPS) is 40.4. The van der Waals surface area contributed by atoms with Gasteiger partial charge in [-0.05, 0) is 73.6 Å². The van der Waals surface area contributed by atoms with Gasteiger partial charge in [0.1, 0.15) is 5.76 Å². The number of fused-ring (bicyclic) bond motifs is 3. The molecule has 0 aromatic carbocycles. The molecule has 1 fully saturated rings. The van der Waals surface area contributed by atoms with Crippen molar-refractivity contribution < 1.29 is 11.6 Å². The maximum Gasteiger partial charge on any atom is 0.218 e. The van der Waals surface area contributed by atoms with E-state index in [9.17, 15) is 0 Å². The SMILES string of the molecule is [2H]C([2H])([2H])C1=NC2=C(CC1)C1CCCC([C@H]3CC=C4SC(C([2H])([2H])C(C)(C)C)[C@@H](C)[C@H]4N3)=C1O2. The van der Waals surface area contributed by atoms with Crippen LogP contribution >= 0.6 is 11.8 Å². The van der Waals surface area contributed by atoms with Crippen LogP contribution < -0.4 is 5.32 Å². The second-order valence-electron chi connectivity index (χ2n) is 10.2. The van der Waals surface area contributed by atoms with E-state index in [0.717, 1.165) is 37.9 Å². The lowest BCUT2D eigenvalue weighted by atomic mass is 9.78. The van der Waals surface area contributed by atoms with Crippen molar-refractivity contribution in [3.63, 3.8) is 0 Å².